The number of amides is 3. The van der Waals surface area contributed by atoms with E-state index in [9.17, 15) is 18.8 Å². The van der Waals surface area contributed by atoms with E-state index in [-0.39, 0.29) is 23.6 Å². The Morgan fingerprint density at radius 3 is 2.42 bits per heavy atom. The van der Waals surface area contributed by atoms with Crippen molar-refractivity contribution in [2.45, 2.75) is 32.2 Å². The van der Waals surface area contributed by atoms with E-state index in [0.29, 0.717) is 49.4 Å². The third-order valence-corrected chi connectivity index (χ3v) is 5.84. The molecule has 1 unspecified atom stereocenters. The lowest BCUT2D eigenvalue weighted by atomic mass is 9.88. The van der Waals surface area contributed by atoms with Crippen molar-refractivity contribution in [1.82, 2.24) is 15.5 Å². The molecule has 33 heavy (non-hydrogen) atoms. The molecule has 1 aliphatic rings. The van der Waals surface area contributed by atoms with Crippen LogP contribution < -0.4 is 15.4 Å². The molecule has 2 aromatic carbocycles. The van der Waals surface area contributed by atoms with Gasteiger partial charge < -0.3 is 20.3 Å². The van der Waals surface area contributed by atoms with Gasteiger partial charge in [0.05, 0.1) is 7.11 Å². The molecule has 7 nitrogen and oxygen atoms in total. The number of carbonyl (C=O) groups excluding carboxylic acids is 3. The van der Waals surface area contributed by atoms with Crippen LogP contribution in [0, 0.1) is 11.7 Å². The largest absolute Gasteiger partial charge is 0.497 e. The number of hydrogen-bond donors (Lipinski definition) is 2. The molecule has 2 N–H and O–H groups in total. The van der Waals surface area contributed by atoms with Crippen molar-refractivity contribution in [3.8, 4) is 5.75 Å². The first-order valence-corrected chi connectivity index (χ1v) is 11.2. The average Bonchev–Trinajstić information content (AvgIpc) is 2.86. The predicted octanol–water partition coefficient (Wildman–Crippen LogP) is 3.01. The maximum absolute atomic E-state index is 13.2. The molecule has 2 aromatic rings. The lowest BCUT2D eigenvalue weighted by Crippen LogP contribution is -2.54. The van der Waals surface area contributed by atoms with Gasteiger partial charge in [-0.1, -0.05) is 13.0 Å². The Labute approximate surface area is 193 Å². The topological polar surface area (TPSA) is 87.7 Å². The third-order valence-electron chi connectivity index (χ3n) is 5.84. The van der Waals surface area contributed by atoms with E-state index >= 15 is 0 Å². The molecule has 8 heteroatoms. The van der Waals surface area contributed by atoms with Gasteiger partial charge in [0.25, 0.3) is 11.8 Å². The van der Waals surface area contributed by atoms with Gasteiger partial charge in [-0.25, -0.2) is 4.39 Å². The normalized spacial score (nSPS) is 14.9. The number of ether oxygens (including phenoxy) is 1. The number of nitrogens with one attached hydrogen (secondary N) is 2. The second kappa shape index (κ2) is 11.4. The summed E-state index contributed by atoms with van der Waals surface area (Å²) in [6.07, 6.45) is 1.91. The molecule has 176 valence electrons. The highest BCUT2D eigenvalue weighted by Crippen LogP contribution is 2.23. The van der Waals surface area contributed by atoms with Gasteiger partial charge in [-0.3, -0.25) is 14.4 Å². The van der Waals surface area contributed by atoms with E-state index in [1.54, 1.807) is 29.2 Å². The number of hydrogen-bond acceptors (Lipinski definition) is 4. The van der Waals surface area contributed by atoms with Crippen molar-refractivity contribution in [2.24, 2.45) is 5.92 Å². The van der Waals surface area contributed by atoms with Crippen molar-refractivity contribution < 1.29 is 23.5 Å². The van der Waals surface area contributed by atoms with Crippen molar-refractivity contribution in [1.29, 1.82) is 0 Å². The van der Waals surface area contributed by atoms with Crippen LogP contribution in [-0.2, 0) is 4.79 Å². The zero-order chi connectivity index (χ0) is 23.8. The maximum atomic E-state index is 13.2. The van der Waals surface area contributed by atoms with E-state index in [0.717, 1.165) is 6.42 Å². The van der Waals surface area contributed by atoms with Crippen LogP contribution in [0.1, 0.15) is 46.9 Å². The standard InChI is InChI=1S/C25H30FN3O4/c1-3-13-27-24(31)22(28-23(30)19-5-4-6-21(16-19)33-2)17-11-14-29(15-12-17)25(32)18-7-9-20(26)10-8-18/h4-10,16-17,22H,3,11-15H2,1-2H3,(H,27,31)(H,28,30). The molecule has 0 saturated carbocycles. The van der Waals surface area contributed by atoms with Crippen LogP contribution >= 0.6 is 0 Å². The summed E-state index contributed by atoms with van der Waals surface area (Å²) in [6, 6.07) is 11.5. The summed E-state index contributed by atoms with van der Waals surface area (Å²) in [4.78, 5) is 40.2. The first-order valence-electron chi connectivity index (χ1n) is 11.2. The molecule has 0 bridgehead atoms. The number of benzene rings is 2. The first kappa shape index (κ1) is 24.2. The Kier molecular flexibility index (Phi) is 8.40. The van der Waals surface area contributed by atoms with Gasteiger partial charge in [0, 0.05) is 30.8 Å². The van der Waals surface area contributed by atoms with E-state index in [4.69, 9.17) is 4.74 Å². The van der Waals surface area contributed by atoms with E-state index < -0.39 is 11.9 Å². The summed E-state index contributed by atoms with van der Waals surface area (Å²) >= 11 is 0. The number of methoxy groups -OCH3 is 1. The average molecular weight is 456 g/mol. The highest BCUT2D eigenvalue weighted by Gasteiger charge is 2.34. The molecule has 0 radical (unpaired) electrons. The summed E-state index contributed by atoms with van der Waals surface area (Å²) in [5.74, 6) is -0.693. The lowest BCUT2D eigenvalue weighted by molar-refractivity contribution is -0.124. The van der Waals surface area contributed by atoms with E-state index in [1.807, 2.05) is 6.92 Å². The van der Waals surface area contributed by atoms with Crippen LogP contribution in [0.25, 0.3) is 0 Å². The Hall–Kier alpha value is -3.42. The predicted molar refractivity (Wildman–Crippen MR) is 123 cm³/mol. The van der Waals surface area contributed by atoms with Crippen LogP contribution in [0.4, 0.5) is 4.39 Å². The second-order valence-corrected chi connectivity index (χ2v) is 8.11. The van der Waals surface area contributed by atoms with Gasteiger partial charge in [-0.2, -0.15) is 0 Å². The van der Waals surface area contributed by atoms with Crippen molar-refractivity contribution in [3.63, 3.8) is 0 Å². The Morgan fingerprint density at radius 1 is 1.09 bits per heavy atom. The number of nitrogens with zero attached hydrogens (tertiary/aromatic N) is 1. The van der Waals surface area contributed by atoms with Gasteiger partial charge in [0.15, 0.2) is 0 Å². The highest BCUT2D eigenvalue weighted by atomic mass is 19.1. The second-order valence-electron chi connectivity index (χ2n) is 8.11. The van der Waals surface area contributed by atoms with Crippen molar-refractivity contribution in [2.75, 3.05) is 26.7 Å². The van der Waals surface area contributed by atoms with Gasteiger partial charge in [-0.05, 0) is 67.6 Å². The van der Waals surface area contributed by atoms with E-state index in [1.165, 1.54) is 31.4 Å². The minimum Gasteiger partial charge on any atom is -0.497 e. The lowest BCUT2D eigenvalue weighted by Gasteiger charge is -2.36. The highest BCUT2D eigenvalue weighted by molar-refractivity contribution is 5.98. The van der Waals surface area contributed by atoms with Gasteiger partial charge in [-0.15, -0.1) is 0 Å². The van der Waals surface area contributed by atoms with Crippen LogP contribution in [0.3, 0.4) is 0 Å². The molecule has 3 amide bonds. The minimum atomic E-state index is -0.710. The van der Waals surface area contributed by atoms with Crippen LogP contribution in [0.5, 0.6) is 5.75 Å². The quantitative estimate of drug-likeness (QED) is 0.641. The summed E-state index contributed by atoms with van der Waals surface area (Å²) in [5.41, 5.74) is 0.838. The molecule has 0 aromatic heterocycles. The van der Waals surface area contributed by atoms with Crippen LogP contribution in [0.15, 0.2) is 48.5 Å². The molecule has 3 rings (SSSR count). The number of likely N-dealkylation sites (tertiary alicyclic amines) is 1. The Morgan fingerprint density at radius 2 is 1.79 bits per heavy atom. The monoisotopic (exact) mass is 455 g/mol. The van der Waals surface area contributed by atoms with E-state index in [2.05, 4.69) is 10.6 Å². The van der Waals surface area contributed by atoms with Crippen LogP contribution in [-0.4, -0.2) is 55.4 Å². The fourth-order valence-electron chi connectivity index (χ4n) is 3.96. The Balaban J connectivity index is 1.68. The van der Waals surface area contributed by atoms with Crippen molar-refractivity contribution >= 4 is 17.7 Å². The molecule has 0 spiro atoms. The molecule has 1 aliphatic heterocycles. The molecule has 1 fully saturated rings. The molecular weight excluding hydrogens is 425 g/mol. The van der Waals surface area contributed by atoms with Gasteiger partial charge in [0.2, 0.25) is 5.91 Å². The number of piperidine rings is 1. The van der Waals surface area contributed by atoms with Gasteiger partial charge in [0.1, 0.15) is 17.6 Å². The molecule has 0 aliphatic carbocycles. The summed E-state index contributed by atoms with van der Waals surface area (Å²) in [6.45, 7) is 3.39. The summed E-state index contributed by atoms with van der Waals surface area (Å²) in [5, 5.41) is 5.77. The molecule has 1 atom stereocenters. The zero-order valence-electron chi connectivity index (χ0n) is 19.0. The number of carbonyl (C=O) groups is 3. The molecule has 1 heterocycles. The molecular formula is C25H30FN3O4. The zero-order valence-corrected chi connectivity index (χ0v) is 19.0. The first-order chi connectivity index (χ1) is 15.9. The molecule has 1 saturated heterocycles. The fourth-order valence-corrected chi connectivity index (χ4v) is 3.96. The smallest absolute Gasteiger partial charge is 0.253 e. The van der Waals surface area contributed by atoms with Crippen molar-refractivity contribution in [3.05, 3.63) is 65.5 Å². The fraction of sp³-hybridized carbons (Fsp3) is 0.400. The minimum absolute atomic E-state index is 0.117. The number of rotatable bonds is 8. The maximum Gasteiger partial charge on any atom is 0.253 e. The SMILES string of the molecule is CCCNC(=O)C(NC(=O)c1cccc(OC)c1)C1CCN(C(=O)c2ccc(F)cc2)CC1. The van der Waals surface area contributed by atoms with Gasteiger partial charge >= 0.3 is 0 Å². The van der Waals surface area contributed by atoms with Crippen LogP contribution in [0.2, 0.25) is 0 Å². The summed E-state index contributed by atoms with van der Waals surface area (Å²) in [7, 11) is 1.53. The number of halogens is 1. The summed E-state index contributed by atoms with van der Waals surface area (Å²) < 4.78 is 18.3. The Bertz CT molecular complexity index is 972. The third kappa shape index (κ3) is 6.31.